The highest BCUT2D eigenvalue weighted by molar-refractivity contribution is 6.22. The van der Waals surface area contributed by atoms with E-state index in [-0.39, 0.29) is 24.2 Å². The molecule has 0 aromatic heterocycles. The Morgan fingerprint density at radius 2 is 2.00 bits per heavy atom. The molecule has 1 aliphatic heterocycles. The third-order valence-electron chi connectivity index (χ3n) is 5.93. The number of nitrogens with one attached hydrogen (secondary N) is 2. The van der Waals surface area contributed by atoms with Gasteiger partial charge in [-0.2, -0.15) is 0 Å². The van der Waals surface area contributed by atoms with Gasteiger partial charge in [-0.05, 0) is 88.6 Å². The number of amides is 1. The van der Waals surface area contributed by atoms with Crippen molar-refractivity contribution in [3.8, 4) is 0 Å². The van der Waals surface area contributed by atoms with Crippen LogP contribution in [-0.2, 0) is 4.74 Å². The van der Waals surface area contributed by atoms with E-state index in [0.717, 1.165) is 16.8 Å². The summed E-state index contributed by atoms with van der Waals surface area (Å²) in [5.74, 6) is -0.756. The van der Waals surface area contributed by atoms with Gasteiger partial charge in [-0.1, -0.05) is 42.5 Å². The number of allylic oxidation sites excluding steroid dienone is 12. The SMILES string of the molecule is CC1=CCNC(C)=C(/C(=C\C=CC2=CC(F)=CC=C=C2)c2ccccc2F)C1=NC[C@@H](C)NC(=O)OC(C)(C)C. The average molecular weight is 546 g/mol. The Labute approximate surface area is 235 Å². The van der Waals surface area contributed by atoms with Crippen molar-refractivity contribution in [2.45, 2.75) is 53.2 Å². The van der Waals surface area contributed by atoms with Crippen molar-refractivity contribution in [3.63, 3.8) is 0 Å². The molecular formula is C33H37F2N3O2. The number of ether oxygens (including phenoxy) is 1. The van der Waals surface area contributed by atoms with Crippen LogP contribution in [0.2, 0.25) is 0 Å². The summed E-state index contributed by atoms with van der Waals surface area (Å²) in [7, 11) is 0. The molecule has 1 amide bonds. The van der Waals surface area contributed by atoms with Gasteiger partial charge in [-0.3, -0.25) is 4.99 Å². The zero-order valence-electron chi connectivity index (χ0n) is 23.9. The van der Waals surface area contributed by atoms with Gasteiger partial charge < -0.3 is 15.4 Å². The average Bonchev–Trinajstić information content (AvgIpc) is 3.15. The second-order valence-corrected chi connectivity index (χ2v) is 10.6. The van der Waals surface area contributed by atoms with E-state index in [0.29, 0.717) is 29.0 Å². The maximum atomic E-state index is 15.2. The first-order valence-corrected chi connectivity index (χ1v) is 13.2. The number of carbonyl (C=O) groups excluding carboxylic acids is 1. The number of hydrogen-bond donors (Lipinski definition) is 2. The van der Waals surface area contributed by atoms with Gasteiger partial charge in [-0.15, -0.1) is 5.73 Å². The van der Waals surface area contributed by atoms with Crippen molar-refractivity contribution >= 4 is 17.4 Å². The maximum absolute atomic E-state index is 15.2. The Kier molecular flexibility index (Phi) is 10.4. The molecule has 0 saturated carbocycles. The predicted octanol–water partition coefficient (Wildman–Crippen LogP) is 7.45. The van der Waals surface area contributed by atoms with E-state index in [1.165, 1.54) is 24.3 Å². The summed E-state index contributed by atoms with van der Waals surface area (Å²) in [5, 5.41) is 6.20. The van der Waals surface area contributed by atoms with E-state index in [1.807, 2.05) is 47.6 Å². The van der Waals surface area contributed by atoms with Crippen molar-refractivity contribution in [1.29, 1.82) is 0 Å². The third kappa shape index (κ3) is 8.92. The zero-order valence-corrected chi connectivity index (χ0v) is 23.9. The summed E-state index contributed by atoms with van der Waals surface area (Å²) in [6.45, 7) is 12.0. The molecule has 7 heteroatoms. The van der Waals surface area contributed by atoms with Crippen LogP contribution in [0.1, 0.15) is 47.1 Å². The number of aliphatic imine (C=N–C) groups is 1. The van der Waals surface area contributed by atoms with E-state index in [2.05, 4.69) is 16.4 Å². The van der Waals surface area contributed by atoms with E-state index >= 15 is 4.39 Å². The minimum absolute atomic E-state index is 0.284. The van der Waals surface area contributed by atoms with Crippen LogP contribution < -0.4 is 10.6 Å². The van der Waals surface area contributed by atoms with Crippen molar-refractivity contribution in [2.24, 2.45) is 4.99 Å². The molecule has 0 fully saturated rings. The normalized spacial score (nSPS) is 18.1. The Morgan fingerprint density at radius 3 is 2.73 bits per heavy atom. The standard InChI is InChI=1S/C33H37F2N3O2/c1-22-18-19-36-24(3)30(31(22)37-21-23(2)38-32(39)40-33(4,5)6)28(27-15-9-10-17-29(27)35)16-11-13-25-12-7-8-14-26(34)20-25/h8-18,20,23,36H,19,21H2,1-6H3,(H,38,39)/b13-11?,28-16-,37-31?/t23-/m1/s1. The summed E-state index contributed by atoms with van der Waals surface area (Å²) in [5.41, 5.74) is 7.10. The number of rotatable bonds is 7. The number of hydrogen-bond acceptors (Lipinski definition) is 4. The molecule has 3 rings (SSSR count). The van der Waals surface area contributed by atoms with Crippen molar-refractivity contribution in [3.05, 3.63) is 118 Å². The van der Waals surface area contributed by atoms with Gasteiger partial charge in [0.05, 0.1) is 12.3 Å². The van der Waals surface area contributed by atoms with Crippen LogP contribution in [0.4, 0.5) is 13.6 Å². The molecule has 1 aromatic rings. The number of alkyl carbamates (subject to hydrolysis) is 1. The fourth-order valence-electron chi connectivity index (χ4n) is 4.09. The van der Waals surface area contributed by atoms with E-state index in [4.69, 9.17) is 9.73 Å². The highest BCUT2D eigenvalue weighted by Gasteiger charge is 2.23. The van der Waals surface area contributed by atoms with Gasteiger partial charge in [0.1, 0.15) is 17.2 Å². The highest BCUT2D eigenvalue weighted by Crippen LogP contribution is 2.32. The lowest BCUT2D eigenvalue weighted by Gasteiger charge is -2.22. The van der Waals surface area contributed by atoms with Gasteiger partial charge in [0.15, 0.2) is 0 Å². The van der Waals surface area contributed by atoms with Crippen LogP contribution in [0, 0.1) is 5.82 Å². The Bertz CT molecular complexity index is 1410. The van der Waals surface area contributed by atoms with Gasteiger partial charge in [-0.25, -0.2) is 13.6 Å². The van der Waals surface area contributed by atoms with Gasteiger partial charge in [0, 0.05) is 29.4 Å². The molecular weight excluding hydrogens is 508 g/mol. The minimum Gasteiger partial charge on any atom is -0.444 e. The summed E-state index contributed by atoms with van der Waals surface area (Å²) in [6.07, 6.45) is 12.7. The molecule has 0 saturated heterocycles. The molecule has 2 N–H and O–H groups in total. The molecule has 1 aromatic carbocycles. The maximum Gasteiger partial charge on any atom is 0.407 e. The molecule has 0 spiro atoms. The van der Waals surface area contributed by atoms with Crippen LogP contribution in [0.15, 0.2) is 112 Å². The zero-order chi connectivity index (χ0) is 29.3. The first-order valence-electron chi connectivity index (χ1n) is 13.2. The Balaban J connectivity index is 2.04. The van der Waals surface area contributed by atoms with Crippen molar-refractivity contribution in [1.82, 2.24) is 10.6 Å². The number of carbonyl (C=O) groups is 1. The topological polar surface area (TPSA) is 62.7 Å². The second-order valence-electron chi connectivity index (χ2n) is 10.6. The van der Waals surface area contributed by atoms with Crippen LogP contribution in [0.25, 0.3) is 5.57 Å². The molecule has 0 radical (unpaired) electrons. The van der Waals surface area contributed by atoms with Crippen LogP contribution in [0.3, 0.4) is 0 Å². The molecule has 1 aliphatic carbocycles. The van der Waals surface area contributed by atoms with Gasteiger partial charge in [0.2, 0.25) is 0 Å². The largest absolute Gasteiger partial charge is 0.444 e. The first kappa shape index (κ1) is 30.3. The number of halogens is 2. The molecule has 0 bridgehead atoms. The molecule has 1 atom stereocenters. The van der Waals surface area contributed by atoms with E-state index in [1.54, 1.807) is 42.5 Å². The molecule has 2 aliphatic rings. The van der Waals surface area contributed by atoms with E-state index in [9.17, 15) is 9.18 Å². The summed E-state index contributed by atoms with van der Waals surface area (Å²) >= 11 is 0. The Morgan fingerprint density at radius 1 is 1.25 bits per heavy atom. The quantitative estimate of drug-likeness (QED) is 0.276. The second kappa shape index (κ2) is 13.7. The number of benzene rings is 1. The number of nitrogens with zero attached hydrogens (tertiary/aromatic N) is 1. The molecule has 1 heterocycles. The van der Waals surface area contributed by atoms with Crippen LogP contribution in [-0.4, -0.2) is 36.5 Å². The predicted molar refractivity (Wildman–Crippen MR) is 159 cm³/mol. The summed E-state index contributed by atoms with van der Waals surface area (Å²) in [4.78, 5) is 17.2. The van der Waals surface area contributed by atoms with Crippen LogP contribution >= 0.6 is 0 Å². The summed E-state index contributed by atoms with van der Waals surface area (Å²) < 4.78 is 34.5. The lowest BCUT2D eigenvalue weighted by Crippen LogP contribution is -2.39. The molecule has 40 heavy (non-hydrogen) atoms. The van der Waals surface area contributed by atoms with Gasteiger partial charge >= 0.3 is 6.09 Å². The third-order valence-corrected chi connectivity index (χ3v) is 5.93. The fourth-order valence-corrected chi connectivity index (χ4v) is 4.09. The lowest BCUT2D eigenvalue weighted by atomic mass is 9.89. The highest BCUT2D eigenvalue weighted by atomic mass is 19.1. The molecule has 0 unspecified atom stereocenters. The lowest BCUT2D eigenvalue weighted by molar-refractivity contribution is 0.0510. The monoisotopic (exact) mass is 545 g/mol. The van der Waals surface area contributed by atoms with Crippen molar-refractivity contribution < 1.29 is 18.3 Å². The fraction of sp³-hybridized carbons (Fsp3) is 0.303. The molecule has 5 nitrogen and oxygen atoms in total. The smallest absolute Gasteiger partial charge is 0.407 e. The summed E-state index contributed by atoms with van der Waals surface area (Å²) in [6, 6.07) is 6.26. The Hall–Kier alpha value is -4.22. The first-order chi connectivity index (χ1) is 18.9. The van der Waals surface area contributed by atoms with Crippen molar-refractivity contribution in [2.75, 3.05) is 13.1 Å². The van der Waals surface area contributed by atoms with E-state index < -0.39 is 11.7 Å². The van der Waals surface area contributed by atoms with Crippen LogP contribution in [0.5, 0.6) is 0 Å². The van der Waals surface area contributed by atoms with Gasteiger partial charge in [0.25, 0.3) is 0 Å². The molecule has 210 valence electrons. The minimum atomic E-state index is -0.608.